The van der Waals surface area contributed by atoms with Gasteiger partial charge in [0.1, 0.15) is 17.0 Å². The fraction of sp³-hybridized carbons (Fsp3) is 0.300. The van der Waals surface area contributed by atoms with E-state index in [1.165, 1.54) is 22.2 Å². The molecule has 2 aliphatic heterocycles. The van der Waals surface area contributed by atoms with E-state index >= 15 is 0 Å². The lowest BCUT2D eigenvalue weighted by Crippen LogP contribution is -2.41. The van der Waals surface area contributed by atoms with Crippen LogP contribution < -0.4 is 5.32 Å². The third-order valence-corrected chi connectivity index (χ3v) is 7.28. The number of rotatable bonds is 2. The van der Waals surface area contributed by atoms with Gasteiger partial charge in [0, 0.05) is 42.5 Å². The predicted octanol–water partition coefficient (Wildman–Crippen LogP) is 3.65. The third-order valence-electron chi connectivity index (χ3n) is 5.18. The van der Waals surface area contributed by atoms with Crippen molar-refractivity contribution in [3.63, 3.8) is 0 Å². The SMILES string of the molecule is CN(C)C(=O)N1CCc2c(sc3ncnc(Nc4ccc5c(c4)SC(=O)C5)c23)C1. The maximum Gasteiger partial charge on any atom is 0.319 e. The summed E-state index contributed by atoms with van der Waals surface area (Å²) in [5.74, 6) is 0.772. The second-order valence-corrected chi connectivity index (χ2v) is 9.54. The average molecular weight is 426 g/mol. The molecule has 0 saturated heterocycles. The molecule has 1 aromatic carbocycles. The van der Waals surface area contributed by atoms with Crippen LogP contribution in [0, 0.1) is 0 Å². The molecule has 3 aromatic rings. The number of hydrogen-bond acceptors (Lipinski definition) is 7. The van der Waals surface area contributed by atoms with Crippen molar-refractivity contribution in [3.8, 4) is 0 Å². The quantitative estimate of drug-likeness (QED) is 0.675. The van der Waals surface area contributed by atoms with Crippen LogP contribution >= 0.6 is 23.1 Å². The minimum absolute atomic E-state index is 0.0303. The van der Waals surface area contributed by atoms with E-state index in [4.69, 9.17) is 0 Å². The lowest BCUT2D eigenvalue weighted by atomic mass is 10.0. The second kappa shape index (κ2) is 7.00. The summed E-state index contributed by atoms with van der Waals surface area (Å²) in [5, 5.41) is 4.64. The van der Waals surface area contributed by atoms with E-state index in [9.17, 15) is 9.59 Å². The monoisotopic (exact) mass is 425 g/mol. The molecule has 0 spiro atoms. The van der Waals surface area contributed by atoms with Gasteiger partial charge < -0.3 is 15.1 Å². The van der Waals surface area contributed by atoms with Gasteiger partial charge in [0.15, 0.2) is 5.12 Å². The largest absolute Gasteiger partial charge is 0.340 e. The van der Waals surface area contributed by atoms with E-state index in [2.05, 4.69) is 15.3 Å². The summed E-state index contributed by atoms with van der Waals surface area (Å²) in [7, 11) is 3.55. The number of hydrogen-bond donors (Lipinski definition) is 1. The normalized spacial score (nSPS) is 15.4. The van der Waals surface area contributed by atoms with Crippen molar-refractivity contribution in [2.75, 3.05) is 26.0 Å². The van der Waals surface area contributed by atoms with Crippen molar-refractivity contribution in [1.29, 1.82) is 0 Å². The first kappa shape index (κ1) is 18.4. The van der Waals surface area contributed by atoms with Gasteiger partial charge in [0.25, 0.3) is 0 Å². The smallest absolute Gasteiger partial charge is 0.319 e. The minimum atomic E-state index is 0.0303. The van der Waals surface area contributed by atoms with Gasteiger partial charge in [-0.2, -0.15) is 0 Å². The summed E-state index contributed by atoms with van der Waals surface area (Å²) in [6.07, 6.45) is 2.85. The van der Waals surface area contributed by atoms with Crippen LogP contribution in [0.5, 0.6) is 0 Å². The van der Waals surface area contributed by atoms with Crippen LogP contribution in [0.4, 0.5) is 16.3 Å². The Kier molecular flexibility index (Phi) is 4.44. The molecule has 0 aliphatic carbocycles. The Morgan fingerprint density at radius 3 is 2.97 bits per heavy atom. The number of aromatic nitrogens is 2. The highest BCUT2D eigenvalue weighted by atomic mass is 32.2. The number of anilines is 2. The molecule has 1 N–H and O–H groups in total. The number of carbonyl (C=O) groups excluding carboxylic acids is 2. The van der Waals surface area contributed by atoms with Crippen LogP contribution in [0.3, 0.4) is 0 Å². The Morgan fingerprint density at radius 1 is 1.28 bits per heavy atom. The zero-order valence-corrected chi connectivity index (χ0v) is 17.7. The van der Waals surface area contributed by atoms with Gasteiger partial charge in [-0.1, -0.05) is 17.8 Å². The predicted molar refractivity (Wildman–Crippen MR) is 115 cm³/mol. The summed E-state index contributed by atoms with van der Waals surface area (Å²) in [4.78, 5) is 39.6. The van der Waals surface area contributed by atoms with Crippen LogP contribution in [-0.2, 0) is 24.2 Å². The van der Waals surface area contributed by atoms with E-state index in [0.717, 1.165) is 38.6 Å². The van der Waals surface area contributed by atoms with Crippen molar-refractivity contribution in [1.82, 2.24) is 19.8 Å². The summed E-state index contributed by atoms with van der Waals surface area (Å²) in [5.41, 5.74) is 3.21. The van der Waals surface area contributed by atoms with Gasteiger partial charge in [-0.15, -0.1) is 11.3 Å². The van der Waals surface area contributed by atoms with Crippen molar-refractivity contribution in [3.05, 3.63) is 40.5 Å². The summed E-state index contributed by atoms with van der Waals surface area (Å²) >= 11 is 2.92. The first-order valence-electron chi connectivity index (χ1n) is 9.31. The first-order chi connectivity index (χ1) is 14.0. The molecule has 5 rings (SSSR count). The Bertz CT molecular complexity index is 1160. The number of amides is 2. The van der Waals surface area contributed by atoms with E-state index in [1.54, 1.807) is 36.7 Å². The summed E-state index contributed by atoms with van der Waals surface area (Å²) < 4.78 is 0. The standard InChI is InChI=1S/C20H19N5O2S2/c1-24(2)20(27)25-6-5-13-15(9-25)29-19-17(13)18(21-10-22-19)23-12-4-3-11-7-16(26)28-14(11)8-12/h3-4,8,10H,5-7,9H2,1-2H3,(H,21,22,23). The number of benzene rings is 1. The summed E-state index contributed by atoms with van der Waals surface area (Å²) in [6, 6.07) is 6.03. The fourth-order valence-corrected chi connectivity index (χ4v) is 5.93. The maximum absolute atomic E-state index is 12.3. The third kappa shape index (κ3) is 3.24. The molecule has 0 radical (unpaired) electrons. The zero-order chi connectivity index (χ0) is 20.1. The molecule has 29 heavy (non-hydrogen) atoms. The molecule has 0 saturated carbocycles. The first-order valence-corrected chi connectivity index (χ1v) is 10.9. The van der Waals surface area contributed by atoms with Crippen molar-refractivity contribution < 1.29 is 9.59 Å². The molecular formula is C20H19N5O2S2. The van der Waals surface area contributed by atoms with Crippen LogP contribution in [-0.4, -0.2) is 51.6 Å². The minimum Gasteiger partial charge on any atom is -0.340 e. The number of nitrogens with zero attached hydrogens (tertiary/aromatic N) is 4. The van der Waals surface area contributed by atoms with Gasteiger partial charge in [0.05, 0.1) is 11.9 Å². The molecule has 0 fully saturated rings. The van der Waals surface area contributed by atoms with Crippen molar-refractivity contribution in [2.24, 2.45) is 0 Å². The van der Waals surface area contributed by atoms with E-state index in [1.807, 2.05) is 23.1 Å². The fourth-order valence-electron chi connectivity index (χ4n) is 3.79. The Morgan fingerprint density at radius 2 is 2.14 bits per heavy atom. The van der Waals surface area contributed by atoms with Crippen LogP contribution in [0.15, 0.2) is 29.4 Å². The molecule has 2 aromatic heterocycles. The number of carbonyl (C=O) groups is 2. The zero-order valence-electron chi connectivity index (χ0n) is 16.1. The number of thiophene rings is 1. The number of urea groups is 1. The number of thioether (sulfide) groups is 1. The van der Waals surface area contributed by atoms with Crippen molar-refractivity contribution in [2.45, 2.75) is 24.3 Å². The molecule has 7 nitrogen and oxygen atoms in total. The maximum atomic E-state index is 12.3. The molecular weight excluding hydrogens is 406 g/mol. The topological polar surface area (TPSA) is 78.4 Å². The van der Waals surface area contributed by atoms with E-state index in [0.29, 0.717) is 19.5 Å². The molecule has 0 bridgehead atoms. The molecule has 0 unspecified atom stereocenters. The molecule has 9 heteroatoms. The van der Waals surface area contributed by atoms with Crippen LogP contribution in [0.2, 0.25) is 0 Å². The number of nitrogens with one attached hydrogen (secondary N) is 1. The Labute approximate surface area is 176 Å². The Hall–Kier alpha value is -2.65. The van der Waals surface area contributed by atoms with Gasteiger partial charge in [-0.3, -0.25) is 4.79 Å². The van der Waals surface area contributed by atoms with Gasteiger partial charge in [-0.05, 0) is 29.7 Å². The average Bonchev–Trinajstić information content (AvgIpc) is 3.26. The Balaban J connectivity index is 1.48. The van der Waals surface area contributed by atoms with Crippen LogP contribution in [0.1, 0.15) is 16.0 Å². The summed E-state index contributed by atoms with van der Waals surface area (Å²) in [6.45, 7) is 1.28. The lowest BCUT2D eigenvalue weighted by molar-refractivity contribution is -0.110. The van der Waals surface area contributed by atoms with Crippen molar-refractivity contribution >= 4 is 56.0 Å². The van der Waals surface area contributed by atoms with Gasteiger partial charge >= 0.3 is 6.03 Å². The van der Waals surface area contributed by atoms with E-state index < -0.39 is 0 Å². The van der Waals surface area contributed by atoms with Gasteiger partial charge in [0.2, 0.25) is 0 Å². The number of fused-ring (bicyclic) bond motifs is 4. The molecule has 2 aliphatic rings. The highest BCUT2D eigenvalue weighted by molar-refractivity contribution is 8.14. The lowest BCUT2D eigenvalue weighted by Gasteiger charge is -2.29. The van der Waals surface area contributed by atoms with E-state index in [-0.39, 0.29) is 11.1 Å². The molecule has 148 valence electrons. The van der Waals surface area contributed by atoms with Gasteiger partial charge in [-0.25, -0.2) is 14.8 Å². The molecule has 4 heterocycles. The second-order valence-electron chi connectivity index (χ2n) is 7.35. The molecule has 0 atom stereocenters. The highest BCUT2D eigenvalue weighted by Crippen LogP contribution is 2.39. The molecule has 2 amide bonds. The highest BCUT2D eigenvalue weighted by Gasteiger charge is 2.27. The van der Waals surface area contributed by atoms with Crippen LogP contribution in [0.25, 0.3) is 10.2 Å².